The Morgan fingerprint density at radius 2 is 1.97 bits per heavy atom. The Morgan fingerprint density at radius 3 is 2.70 bits per heavy atom. The van der Waals surface area contributed by atoms with E-state index >= 15 is 0 Å². The second kappa shape index (κ2) is 8.74. The number of sulfonamides is 1. The lowest BCUT2D eigenvalue weighted by Crippen LogP contribution is -2.34. The Bertz CT molecular complexity index is 1200. The van der Waals surface area contributed by atoms with Crippen LogP contribution in [0.3, 0.4) is 0 Å². The van der Waals surface area contributed by atoms with Crippen molar-refractivity contribution in [3.05, 3.63) is 59.9 Å². The third-order valence-corrected chi connectivity index (χ3v) is 6.27. The van der Waals surface area contributed by atoms with Gasteiger partial charge >= 0.3 is 0 Å². The molecule has 0 aliphatic carbocycles. The minimum Gasteiger partial charge on any atom is -0.483 e. The average Bonchev–Trinajstić information content (AvgIpc) is 3.27. The summed E-state index contributed by atoms with van der Waals surface area (Å²) in [6.45, 7) is -0.143. The molecule has 0 spiro atoms. The molecule has 2 amide bonds. The maximum Gasteiger partial charge on any atom is 0.290 e. The smallest absolute Gasteiger partial charge is 0.290 e. The number of rotatable bonds is 5. The van der Waals surface area contributed by atoms with E-state index in [1.165, 1.54) is 12.1 Å². The summed E-state index contributed by atoms with van der Waals surface area (Å²) >= 11 is 0. The van der Waals surface area contributed by atoms with E-state index in [0.717, 1.165) is 20.9 Å². The van der Waals surface area contributed by atoms with Crippen LogP contribution in [0.5, 0.6) is 0 Å². The SMILES string of the molecule is O=C(CCN1C(=O)c2ccccc2S1(=O)=O)NCc1ccc2nc[nH]c2c1.O=CO. The number of hydrogen-bond donors (Lipinski definition) is 3. The molecule has 3 N–H and O–H groups in total. The lowest BCUT2D eigenvalue weighted by Gasteiger charge is -2.14. The fraction of sp³-hybridized carbons (Fsp3) is 0.158. The van der Waals surface area contributed by atoms with Gasteiger partial charge in [0.15, 0.2) is 0 Å². The molecule has 30 heavy (non-hydrogen) atoms. The standard InChI is InChI=1S/C18H16N4O4S.CH2O2/c23-17(19-10-12-5-6-14-15(9-12)21-11-20-14)7-8-22-18(24)13-3-1-2-4-16(13)27(22,25)26;2-1-3/h1-6,9,11H,7-8,10H2,(H,19,23)(H,20,21);1H,(H,2,3). The zero-order valence-corrected chi connectivity index (χ0v) is 16.4. The summed E-state index contributed by atoms with van der Waals surface area (Å²) in [5.74, 6) is -0.929. The molecule has 10 nitrogen and oxygen atoms in total. The Labute approximate surface area is 171 Å². The first kappa shape index (κ1) is 21.0. The molecule has 2 heterocycles. The first-order valence-corrected chi connectivity index (χ1v) is 10.2. The molecule has 2 aromatic carbocycles. The number of aromatic nitrogens is 2. The van der Waals surface area contributed by atoms with Crippen LogP contribution in [0, 0.1) is 0 Å². The Hall–Kier alpha value is -3.73. The van der Waals surface area contributed by atoms with Crippen LogP contribution in [-0.4, -0.2) is 52.6 Å². The largest absolute Gasteiger partial charge is 0.483 e. The van der Waals surface area contributed by atoms with Gasteiger partial charge in [0, 0.05) is 19.5 Å². The van der Waals surface area contributed by atoms with Crippen LogP contribution in [0.2, 0.25) is 0 Å². The number of carboxylic acid groups (broad SMARTS) is 1. The fourth-order valence-corrected chi connectivity index (χ4v) is 4.61. The molecule has 0 fully saturated rings. The molecular formula is C19H18N4O6S. The number of amides is 2. The second-order valence-electron chi connectivity index (χ2n) is 6.26. The van der Waals surface area contributed by atoms with E-state index in [-0.39, 0.29) is 35.8 Å². The Morgan fingerprint density at radius 1 is 1.23 bits per heavy atom. The maximum atomic E-state index is 12.4. The van der Waals surface area contributed by atoms with Gasteiger partial charge < -0.3 is 15.4 Å². The van der Waals surface area contributed by atoms with E-state index in [1.54, 1.807) is 18.5 Å². The van der Waals surface area contributed by atoms with Gasteiger partial charge in [0.25, 0.3) is 22.4 Å². The molecule has 0 radical (unpaired) electrons. The van der Waals surface area contributed by atoms with Gasteiger partial charge in [0.1, 0.15) is 4.90 Å². The maximum absolute atomic E-state index is 12.4. The first-order valence-electron chi connectivity index (χ1n) is 8.81. The van der Waals surface area contributed by atoms with Gasteiger partial charge in [-0.1, -0.05) is 18.2 Å². The number of carbonyl (C=O) groups is 3. The number of fused-ring (bicyclic) bond motifs is 2. The van der Waals surface area contributed by atoms with Crippen molar-refractivity contribution in [2.75, 3.05) is 6.54 Å². The van der Waals surface area contributed by atoms with Crippen LogP contribution in [0.4, 0.5) is 0 Å². The summed E-state index contributed by atoms with van der Waals surface area (Å²) in [6, 6.07) is 11.6. The van der Waals surface area contributed by atoms with Crippen LogP contribution in [-0.2, 0) is 26.2 Å². The molecule has 0 bridgehead atoms. The Balaban J connectivity index is 0.000000806. The van der Waals surface area contributed by atoms with Gasteiger partial charge in [-0.25, -0.2) is 17.7 Å². The zero-order valence-electron chi connectivity index (χ0n) is 15.6. The zero-order chi connectivity index (χ0) is 21.7. The van der Waals surface area contributed by atoms with Crippen molar-refractivity contribution in [2.45, 2.75) is 17.9 Å². The number of hydrogen-bond acceptors (Lipinski definition) is 6. The number of imidazole rings is 1. The van der Waals surface area contributed by atoms with Crippen LogP contribution in [0.25, 0.3) is 11.0 Å². The van der Waals surface area contributed by atoms with E-state index in [0.29, 0.717) is 6.54 Å². The quantitative estimate of drug-likeness (QED) is 0.513. The minimum absolute atomic E-state index is 0.0109. The van der Waals surface area contributed by atoms with Gasteiger partial charge in [-0.3, -0.25) is 14.4 Å². The van der Waals surface area contributed by atoms with Crippen LogP contribution >= 0.6 is 0 Å². The van der Waals surface area contributed by atoms with Gasteiger partial charge in [-0.2, -0.15) is 0 Å². The van der Waals surface area contributed by atoms with Crippen molar-refractivity contribution in [1.82, 2.24) is 19.6 Å². The molecule has 0 unspecified atom stereocenters. The van der Waals surface area contributed by atoms with E-state index < -0.39 is 15.9 Å². The fourth-order valence-electron chi connectivity index (χ4n) is 3.04. The van der Waals surface area contributed by atoms with E-state index in [2.05, 4.69) is 15.3 Å². The number of carbonyl (C=O) groups excluding carboxylic acids is 2. The van der Waals surface area contributed by atoms with Crippen molar-refractivity contribution < 1.29 is 27.9 Å². The number of aromatic amines is 1. The predicted octanol–water partition coefficient (Wildman–Crippen LogP) is 1.11. The van der Waals surface area contributed by atoms with Gasteiger partial charge in [-0.15, -0.1) is 0 Å². The molecule has 1 aliphatic rings. The molecule has 0 saturated carbocycles. The monoisotopic (exact) mass is 430 g/mol. The topological polar surface area (TPSA) is 150 Å². The summed E-state index contributed by atoms with van der Waals surface area (Å²) in [4.78, 5) is 39.9. The molecule has 1 aliphatic heterocycles. The molecule has 4 rings (SSSR count). The summed E-state index contributed by atoms with van der Waals surface area (Å²) in [7, 11) is -3.88. The highest BCUT2D eigenvalue weighted by molar-refractivity contribution is 7.90. The molecule has 1 aromatic heterocycles. The third kappa shape index (κ3) is 4.15. The predicted molar refractivity (Wildman–Crippen MR) is 106 cm³/mol. The summed E-state index contributed by atoms with van der Waals surface area (Å²) in [5.41, 5.74) is 2.74. The van der Waals surface area contributed by atoms with Crippen molar-refractivity contribution in [3.63, 3.8) is 0 Å². The van der Waals surface area contributed by atoms with Crippen molar-refractivity contribution >= 4 is 39.3 Å². The Kier molecular flexibility index (Phi) is 6.11. The van der Waals surface area contributed by atoms with E-state index in [4.69, 9.17) is 9.90 Å². The molecule has 3 aromatic rings. The van der Waals surface area contributed by atoms with Gasteiger partial charge in [0.2, 0.25) is 5.91 Å². The molecule has 156 valence electrons. The van der Waals surface area contributed by atoms with Crippen molar-refractivity contribution in [3.8, 4) is 0 Å². The van der Waals surface area contributed by atoms with Crippen molar-refractivity contribution in [1.29, 1.82) is 0 Å². The minimum atomic E-state index is -3.88. The third-order valence-electron chi connectivity index (χ3n) is 4.43. The first-order chi connectivity index (χ1) is 14.4. The molecule has 0 atom stereocenters. The van der Waals surface area contributed by atoms with Crippen LogP contribution in [0.15, 0.2) is 53.7 Å². The highest BCUT2D eigenvalue weighted by Crippen LogP contribution is 2.29. The summed E-state index contributed by atoms with van der Waals surface area (Å²) in [5, 5.41) is 9.63. The number of benzene rings is 2. The number of H-pyrrole nitrogens is 1. The van der Waals surface area contributed by atoms with Crippen molar-refractivity contribution in [2.24, 2.45) is 0 Å². The lowest BCUT2D eigenvalue weighted by atomic mass is 10.2. The average molecular weight is 430 g/mol. The van der Waals surface area contributed by atoms with Crippen LogP contribution in [0.1, 0.15) is 22.3 Å². The normalized spacial score (nSPS) is 14.0. The number of nitrogens with one attached hydrogen (secondary N) is 2. The lowest BCUT2D eigenvalue weighted by molar-refractivity contribution is -0.123. The molecule has 11 heteroatoms. The second-order valence-corrected chi connectivity index (χ2v) is 8.10. The molecular weight excluding hydrogens is 412 g/mol. The summed E-state index contributed by atoms with van der Waals surface area (Å²) in [6.07, 6.45) is 1.49. The van der Waals surface area contributed by atoms with Gasteiger partial charge in [-0.05, 0) is 29.8 Å². The highest BCUT2D eigenvalue weighted by atomic mass is 32.2. The van der Waals surface area contributed by atoms with Gasteiger partial charge in [0.05, 0.1) is 22.9 Å². The highest BCUT2D eigenvalue weighted by Gasteiger charge is 2.40. The van der Waals surface area contributed by atoms with E-state index in [9.17, 15) is 18.0 Å². The molecule has 0 saturated heterocycles. The summed E-state index contributed by atoms with van der Waals surface area (Å²) < 4.78 is 25.7. The van der Waals surface area contributed by atoms with Crippen LogP contribution < -0.4 is 5.32 Å². The van der Waals surface area contributed by atoms with E-state index in [1.807, 2.05) is 18.2 Å². The number of nitrogens with zero attached hydrogens (tertiary/aromatic N) is 2.